The van der Waals surface area contributed by atoms with Crippen molar-refractivity contribution in [3.63, 3.8) is 0 Å². The first-order valence-corrected chi connectivity index (χ1v) is 12.9. The summed E-state index contributed by atoms with van der Waals surface area (Å²) in [5.41, 5.74) is 10.0. The molecule has 0 saturated heterocycles. The van der Waals surface area contributed by atoms with Crippen LogP contribution in [0.5, 0.6) is 0 Å². The minimum Gasteiger partial charge on any atom is -0.462 e. The zero-order valence-electron chi connectivity index (χ0n) is 21.4. The number of aliphatic imine (C=N–C) groups is 1. The van der Waals surface area contributed by atoms with Gasteiger partial charge in [0.2, 0.25) is 12.2 Å². The molecule has 0 radical (unpaired) electrons. The number of carbonyl (C=O) groups is 1. The summed E-state index contributed by atoms with van der Waals surface area (Å²) in [7, 11) is 0. The number of ether oxygens (including phenoxy) is 1. The molecule has 0 atom stereocenters. The van der Waals surface area contributed by atoms with E-state index in [1.54, 1.807) is 12.4 Å². The van der Waals surface area contributed by atoms with Gasteiger partial charge in [-0.25, -0.2) is 0 Å². The number of esters is 1. The highest BCUT2D eigenvalue weighted by Crippen LogP contribution is 2.28. The predicted octanol–water partition coefficient (Wildman–Crippen LogP) is 5.82. The number of nitrogens with zero attached hydrogens (tertiary/aromatic N) is 4. The summed E-state index contributed by atoms with van der Waals surface area (Å²) in [6.07, 6.45) is 15.0. The molecule has 1 fully saturated rings. The van der Waals surface area contributed by atoms with Crippen LogP contribution in [0.15, 0.2) is 59.9 Å². The number of guanidine groups is 1. The van der Waals surface area contributed by atoms with E-state index in [1.165, 1.54) is 6.42 Å². The van der Waals surface area contributed by atoms with Crippen molar-refractivity contribution in [3.05, 3.63) is 66.0 Å². The van der Waals surface area contributed by atoms with E-state index in [-0.39, 0.29) is 18.0 Å². The third kappa shape index (κ3) is 8.23. The molecule has 0 bridgehead atoms. The molecule has 190 valence electrons. The lowest BCUT2D eigenvalue weighted by molar-refractivity contribution is -0.150. The van der Waals surface area contributed by atoms with Crippen LogP contribution in [0.2, 0.25) is 0 Å². The van der Waals surface area contributed by atoms with Gasteiger partial charge in [-0.15, -0.1) is 4.99 Å². The van der Waals surface area contributed by atoms with Crippen molar-refractivity contribution in [1.82, 2.24) is 4.98 Å². The van der Waals surface area contributed by atoms with Crippen molar-refractivity contribution >= 4 is 23.2 Å². The second-order valence-corrected chi connectivity index (χ2v) is 9.63. The number of carbonyl (C=O) groups excluding carboxylic acids is 1. The Morgan fingerprint density at radius 3 is 2.72 bits per heavy atom. The quantitative estimate of drug-likeness (QED) is 0.149. The highest BCUT2D eigenvalue weighted by molar-refractivity contribution is 5.96. The molecule has 2 N–H and O–H groups in total. The molecule has 7 heteroatoms. The van der Waals surface area contributed by atoms with E-state index in [4.69, 9.17) is 15.7 Å². The standard InChI is InChI=1S/C29H37N5O2/c1-22(2)20-34(29(31)33-21-30)25-12-8-10-23(18-25)27(24-11-9-17-32-19-24)15-6-7-16-28(35)36-26-13-4-3-5-14-26/h8-12,15,17-19,22,26H,3-7,13-14,16,20H2,1-2H3,(H2,31,33)/b27-15+. The predicted molar refractivity (Wildman–Crippen MR) is 144 cm³/mol. The zero-order valence-corrected chi connectivity index (χ0v) is 21.4. The van der Waals surface area contributed by atoms with Crippen molar-refractivity contribution in [2.75, 3.05) is 11.4 Å². The van der Waals surface area contributed by atoms with E-state index >= 15 is 0 Å². The number of hydrogen-bond acceptors (Lipinski definition) is 5. The van der Waals surface area contributed by atoms with Gasteiger partial charge >= 0.3 is 5.97 Å². The Morgan fingerprint density at radius 2 is 2.03 bits per heavy atom. The first-order valence-electron chi connectivity index (χ1n) is 12.9. The molecule has 1 aromatic carbocycles. The number of aromatic nitrogens is 1. The van der Waals surface area contributed by atoms with E-state index in [1.807, 2.05) is 41.4 Å². The third-order valence-electron chi connectivity index (χ3n) is 6.21. The molecular weight excluding hydrogens is 450 g/mol. The van der Waals surface area contributed by atoms with E-state index in [0.29, 0.717) is 18.9 Å². The Kier molecular flexibility index (Phi) is 10.5. The van der Waals surface area contributed by atoms with Gasteiger partial charge < -0.3 is 15.4 Å². The van der Waals surface area contributed by atoms with Gasteiger partial charge in [0.05, 0.1) is 0 Å². The van der Waals surface area contributed by atoms with Gasteiger partial charge in [-0.2, -0.15) is 5.26 Å². The lowest BCUT2D eigenvalue weighted by Crippen LogP contribution is -2.39. The summed E-state index contributed by atoms with van der Waals surface area (Å²) >= 11 is 0. The third-order valence-corrected chi connectivity index (χ3v) is 6.21. The van der Waals surface area contributed by atoms with E-state index in [9.17, 15) is 4.79 Å². The Morgan fingerprint density at radius 1 is 1.25 bits per heavy atom. The van der Waals surface area contributed by atoms with Crippen molar-refractivity contribution in [1.29, 1.82) is 5.26 Å². The van der Waals surface area contributed by atoms with Crippen LogP contribution in [0.4, 0.5) is 5.69 Å². The molecule has 7 nitrogen and oxygen atoms in total. The minimum absolute atomic E-state index is 0.0984. The maximum atomic E-state index is 12.3. The summed E-state index contributed by atoms with van der Waals surface area (Å²) in [4.78, 5) is 22.2. The molecule has 0 unspecified atom stereocenters. The summed E-state index contributed by atoms with van der Waals surface area (Å²) in [6, 6.07) is 12.0. The van der Waals surface area contributed by atoms with Crippen molar-refractivity contribution in [2.24, 2.45) is 16.6 Å². The molecule has 3 rings (SSSR count). The number of nitrogens with two attached hydrogens (primary N) is 1. The van der Waals surface area contributed by atoms with Gasteiger partial charge in [0.25, 0.3) is 0 Å². The monoisotopic (exact) mass is 487 g/mol. The Bertz CT molecular complexity index is 1080. The maximum Gasteiger partial charge on any atom is 0.306 e. The average molecular weight is 488 g/mol. The average Bonchev–Trinajstić information content (AvgIpc) is 2.88. The van der Waals surface area contributed by atoms with Gasteiger partial charge in [0, 0.05) is 36.6 Å². The van der Waals surface area contributed by atoms with Crippen molar-refractivity contribution < 1.29 is 9.53 Å². The number of hydrogen-bond donors (Lipinski definition) is 1. The second-order valence-electron chi connectivity index (χ2n) is 9.63. The van der Waals surface area contributed by atoms with Crippen LogP contribution in [0.25, 0.3) is 5.57 Å². The van der Waals surface area contributed by atoms with E-state index in [0.717, 1.165) is 60.9 Å². The highest BCUT2D eigenvalue weighted by atomic mass is 16.5. The molecular formula is C29H37N5O2. The fourth-order valence-corrected chi connectivity index (χ4v) is 4.49. The summed E-state index contributed by atoms with van der Waals surface area (Å²) in [5.74, 6) is 0.395. The Labute approximate surface area is 214 Å². The van der Waals surface area contributed by atoms with Crippen LogP contribution in [0, 0.1) is 17.4 Å². The summed E-state index contributed by atoms with van der Waals surface area (Å²) in [6.45, 7) is 4.82. The van der Waals surface area contributed by atoms with Crippen molar-refractivity contribution in [2.45, 2.75) is 71.3 Å². The van der Waals surface area contributed by atoms with Gasteiger partial charge in [-0.1, -0.05) is 44.5 Å². The van der Waals surface area contributed by atoms with Crippen LogP contribution < -0.4 is 10.6 Å². The van der Waals surface area contributed by atoms with E-state index in [2.05, 4.69) is 36.0 Å². The number of benzene rings is 1. The zero-order chi connectivity index (χ0) is 25.8. The number of rotatable bonds is 10. The second kappa shape index (κ2) is 14.0. The normalized spacial score (nSPS) is 14.9. The highest BCUT2D eigenvalue weighted by Gasteiger charge is 2.18. The van der Waals surface area contributed by atoms with Crippen LogP contribution >= 0.6 is 0 Å². The number of pyridine rings is 1. The maximum absolute atomic E-state index is 12.3. The molecule has 0 aliphatic heterocycles. The molecule has 1 aliphatic carbocycles. The number of unbranched alkanes of at least 4 members (excludes halogenated alkanes) is 1. The van der Waals surface area contributed by atoms with Crippen LogP contribution in [0.3, 0.4) is 0 Å². The van der Waals surface area contributed by atoms with Gasteiger partial charge in [0.15, 0.2) is 0 Å². The number of nitriles is 1. The van der Waals surface area contributed by atoms with Crippen molar-refractivity contribution in [3.8, 4) is 6.19 Å². The molecule has 1 saturated carbocycles. The molecule has 0 amide bonds. The molecule has 36 heavy (non-hydrogen) atoms. The topological polar surface area (TPSA) is 105 Å². The number of anilines is 1. The lowest BCUT2D eigenvalue weighted by Gasteiger charge is -2.25. The van der Waals surface area contributed by atoms with Gasteiger partial charge in [0.1, 0.15) is 6.10 Å². The molecule has 1 heterocycles. The Balaban J connectivity index is 1.78. The summed E-state index contributed by atoms with van der Waals surface area (Å²) < 4.78 is 5.66. The van der Waals surface area contributed by atoms with Crippen LogP contribution in [0.1, 0.15) is 76.3 Å². The first-order chi connectivity index (χ1) is 17.5. The summed E-state index contributed by atoms with van der Waals surface area (Å²) in [5, 5.41) is 9.02. The minimum atomic E-state index is -0.100. The molecule has 2 aromatic rings. The van der Waals surface area contributed by atoms with Crippen LogP contribution in [-0.4, -0.2) is 29.6 Å². The first kappa shape index (κ1) is 26.9. The van der Waals surface area contributed by atoms with Gasteiger partial charge in [-0.05, 0) is 73.8 Å². The Hall–Kier alpha value is -3.66. The fraction of sp³-hybridized carbons (Fsp3) is 0.448. The SMILES string of the molecule is CC(C)CN(C(N)=NC#N)c1cccc(/C(=C\CCCC(=O)OC2CCCCC2)c2cccnc2)c1. The fourth-order valence-electron chi connectivity index (χ4n) is 4.49. The van der Waals surface area contributed by atoms with Crippen LogP contribution in [-0.2, 0) is 9.53 Å². The number of allylic oxidation sites excluding steroid dienone is 1. The largest absolute Gasteiger partial charge is 0.462 e. The molecule has 1 aromatic heterocycles. The van der Waals surface area contributed by atoms with Gasteiger partial charge in [-0.3, -0.25) is 9.78 Å². The lowest BCUT2D eigenvalue weighted by atomic mass is 9.96. The van der Waals surface area contributed by atoms with E-state index < -0.39 is 0 Å². The smallest absolute Gasteiger partial charge is 0.306 e. The molecule has 1 aliphatic rings. The molecule has 0 spiro atoms.